The molecule has 0 saturated carbocycles. The molecule has 166 valence electrons. The molecular weight excluding hydrogens is 384 g/mol. The number of ether oxygens (including phenoxy) is 4. The van der Waals surface area contributed by atoms with Crippen molar-refractivity contribution in [3.05, 3.63) is 23.2 Å². The molecule has 1 aliphatic carbocycles. The van der Waals surface area contributed by atoms with E-state index in [-0.39, 0.29) is 36.2 Å². The number of rotatable bonds is 8. The molecule has 0 aromatic heterocycles. The highest BCUT2D eigenvalue weighted by atomic mass is 16.7. The third-order valence-electron chi connectivity index (χ3n) is 5.55. The standard InChI is InChI=1S/C20H32O9/c1-10(9-28-15-7-13(22)18(25)14(8-21)29-15)5-6-12-11(2)16(23)19(26-3)20(27-4)17(12)24/h5,11-15,17-18,21-22,24-25H,6-9H2,1-4H3/b10-5+/t11?,12?,13?,14?,15-,17?,18+/m0/s1. The van der Waals surface area contributed by atoms with Crippen LogP contribution in [0.5, 0.6) is 0 Å². The number of Topliss-reactive ketones (excluding diaryl/α,β-unsaturated/α-hetero) is 1. The maximum Gasteiger partial charge on any atom is 0.204 e. The largest absolute Gasteiger partial charge is 0.494 e. The zero-order valence-corrected chi connectivity index (χ0v) is 17.3. The lowest BCUT2D eigenvalue weighted by atomic mass is 9.77. The van der Waals surface area contributed by atoms with Crippen LogP contribution in [0.15, 0.2) is 23.2 Å². The summed E-state index contributed by atoms with van der Waals surface area (Å²) in [6.45, 7) is 3.37. The van der Waals surface area contributed by atoms with Crippen LogP contribution in [0.3, 0.4) is 0 Å². The third-order valence-corrected chi connectivity index (χ3v) is 5.55. The number of allylic oxidation sites excluding steroid dienone is 2. The Morgan fingerprint density at radius 1 is 1.24 bits per heavy atom. The molecule has 1 heterocycles. The number of aliphatic hydroxyl groups is 4. The minimum Gasteiger partial charge on any atom is -0.494 e. The minimum absolute atomic E-state index is 0.0569. The molecular formula is C20H32O9. The van der Waals surface area contributed by atoms with Gasteiger partial charge in [-0.1, -0.05) is 18.6 Å². The predicted octanol–water partition coefficient (Wildman–Crippen LogP) is -0.131. The Labute approximate surface area is 170 Å². The first kappa shape index (κ1) is 23.8. The summed E-state index contributed by atoms with van der Waals surface area (Å²) in [4.78, 5) is 12.5. The van der Waals surface area contributed by atoms with Crippen LogP contribution < -0.4 is 0 Å². The monoisotopic (exact) mass is 416 g/mol. The van der Waals surface area contributed by atoms with Crippen LogP contribution in [0.1, 0.15) is 26.7 Å². The lowest BCUT2D eigenvalue weighted by molar-refractivity contribution is -0.254. The second-order valence-corrected chi connectivity index (χ2v) is 7.54. The van der Waals surface area contributed by atoms with E-state index in [1.165, 1.54) is 14.2 Å². The first-order valence-electron chi connectivity index (χ1n) is 9.69. The molecule has 2 rings (SSSR count). The van der Waals surface area contributed by atoms with Gasteiger partial charge in [-0.3, -0.25) is 4.79 Å². The molecule has 1 aliphatic heterocycles. The van der Waals surface area contributed by atoms with E-state index in [0.29, 0.717) is 6.42 Å². The van der Waals surface area contributed by atoms with E-state index >= 15 is 0 Å². The molecule has 0 aromatic carbocycles. The van der Waals surface area contributed by atoms with Crippen LogP contribution in [0.25, 0.3) is 0 Å². The van der Waals surface area contributed by atoms with Gasteiger partial charge >= 0.3 is 0 Å². The van der Waals surface area contributed by atoms with E-state index in [1.54, 1.807) is 6.92 Å². The molecule has 9 nitrogen and oxygen atoms in total. The van der Waals surface area contributed by atoms with Gasteiger partial charge in [-0.2, -0.15) is 0 Å². The van der Waals surface area contributed by atoms with Gasteiger partial charge in [0.2, 0.25) is 11.5 Å². The molecule has 2 aliphatic rings. The number of hydrogen-bond donors (Lipinski definition) is 4. The van der Waals surface area contributed by atoms with Gasteiger partial charge in [-0.25, -0.2) is 0 Å². The predicted molar refractivity (Wildman–Crippen MR) is 101 cm³/mol. The minimum atomic E-state index is -1.15. The maximum atomic E-state index is 12.5. The SMILES string of the molecule is COC1=C(OC)C(O)C(C/C=C(\C)CO[C@@H]2CC(O)[C@@H](O)C(CO)O2)C(C)C1=O. The summed E-state index contributed by atoms with van der Waals surface area (Å²) >= 11 is 0. The fraction of sp³-hybridized carbons (Fsp3) is 0.750. The molecule has 4 N–H and O–H groups in total. The molecule has 1 fully saturated rings. The quantitative estimate of drug-likeness (QED) is 0.399. The Kier molecular flexibility index (Phi) is 8.62. The summed E-state index contributed by atoms with van der Waals surface area (Å²) < 4.78 is 21.4. The zero-order chi connectivity index (χ0) is 21.7. The van der Waals surface area contributed by atoms with Crippen molar-refractivity contribution in [2.45, 2.75) is 57.4 Å². The molecule has 0 aromatic rings. The zero-order valence-electron chi connectivity index (χ0n) is 17.3. The van der Waals surface area contributed by atoms with E-state index < -0.39 is 43.2 Å². The first-order valence-corrected chi connectivity index (χ1v) is 9.69. The Balaban J connectivity index is 1.95. The Morgan fingerprint density at radius 3 is 2.52 bits per heavy atom. The summed E-state index contributed by atoms with van der Waals surface area (Å²) in [5.74, 6) is -0.817. The van der Waals surface area contributed by atoms with Crippen molar-refractivity contribution in [3.63, 3.8) is 0 Å². The fourth-order valence-corrected chi connectivity index (χ4v) is 3.67. The molecule has 0 spiro atoms. The van der Waals surface area contributed by atoms with E-state index in [4.69, 9.17) is 18.9 Å². The Morgan fingerprint density at radius 2 is 1.93 bits per heavy atom. The molecule has 0 bridgehead atoms. The van der Waals surface area contributed by atoms with E-state index in [9.17, 15) is 25.2 Å². The topological polar surface area (TPSA) is 135 Å². The van der Waals surface area contributed by atoms with Gasteiger partial charge in [-0.15, -0.1) is 0 Å². The lowest BCUT2D eigenvalue weighted by Crippen LogP contribution is -2.50. The summed E-state index contributed by atoms with van der Waals surface area (Å²) in [5, 5.41) is 39.4. The van der Waals surface area contributed by atoms with Gasteiger partial charge in [-0.05, 0) is 13.3 Å². The van der Waals surface area contributed by atoms with Gasteiger partial charge in [0.05, 0.1) is 33.5 Å². The summed E-state index contributed by atoms with van der Waals surface area (Å²) in [5.41, 5.74) is 0.849. The van der Waals surface area contributed by atoms with Crippen LogP contribution in [0, 0.1) is 11.8 Å². The first-order chi connectivity index (χ1) is 13.7. The molecule has 1 saturated heterocycles. The third kappa shape index (κ3) is 5.36. The number of hydrogen-bond acceptors (Lipinski definition) is 9. The van der Waals surface area contributed by atoms with Gasteiger partial charge in [0.1, 0.15) is 18.3 Å². The number of carbonyl (C=O) groups excluding carboxylic acids is 1. The highest BCUT2D eigenvalue weighted by Crippen LogP contribution is 2.35. The van der Waals surface area contributed by atoms with Crippen molar-refractivity contribution in [2.24, 2.45) is 11.8 Å². The van der Waals surface area contributed by atoms with E-state index in [0.717, 1.165) is 5.57 Å². The van der Waals surface area contributed by atoms with Crippen molar-refractivity contribution >= 4 is 5.78 Å². The van der Waals surface area contributed by atoms with Crippen LogP contribution in [-0.2, 0) is 23.7 Å². The summed E-state index contributed by atoms with van der Waals surface area (Å²) in [6.07, 6.45) is -2.39. The average molecular weight is 416 g/mol. The fourth-order valence-electron chi connectivity index (χ4n) is 3.67. The second-order valence-electron chi connectivity index (χ2n) is 7.54. The Hall–Kier alpha value is -1.49. The molecule has 29 heavy (non-hydrogen) atoms. The maximum absolute atomic E-state index is 12.5. The van der Waals surface area contributed by atoms with Crippen molar-refractivity contribution in [2.75, 3.05) is 27.4 Å². The lowest BCUT2D eigenvalue weighted by Gasteiger charge is -2.36. The van der Waals surface area contributed by atoms with Crippen LogP contribution in [-0.4, -0.2) is 84.3 Å². The number of ketones is 1. The molecule has 7 atom stereocenters. The van der Waals surface area contributed by atoms with E-state index in [2.05, 4.69) is 0 Å². The normalized spacial score (nSPS) is 36.3. The van der Waals surface area contributed by atoms with E-state index in [1.807, 2.05) is 13.0 Å². The Bertz CT molecular complexity index is 629. The van der Waals surface area contributed by atoms with Crippen LogP contribution in [0.4, 0.5) is 0 Å². The molecule has 0 amide bonds. The molecule has 5 unspecified atom stereocenters. The van der Waals surface area contributed by atoms with Gasteiger partial charge in [0.25, 0.3) is 0 Å². The summed E-state index contributed by atoms with van der Waals surface area (Å²) in [6, 6.07) is 0. The van der Waals surface area contributed by atoms with Crippen LogP contribution in [0.2, 0.25) is 0 Å². The van der Waals surface area contributed by atoms with Crippen molar-refractivity contribution in [3.8, 4) is 0 Å². The van der Waals surface area contributed by atoms with Gasteiger partial charge in [0.15, 0.2) is 12.0 Å². The van der Waals surface area contributed by atoms with Crippen molar-refractivity contribution in [1.29, 1.82) is 0 Å². The second kappa shape index (κ2) is 10.5. The number of carbonyl (C=O) groups is 1. The smallest absolute Gasteiger partial charge is 0.204 e. The van der Waals surface area contributed by atoms with Crippen molar-refractivity contribution < 1.29 is 44.2 Å². The van der Waals surface area contributed by atoms with Crippen molar-refractivity contribution in [1.82, 2.24) is 0 Å². The average Bonchev–Trinajstić information content (AvgIpc) is 2.70. The van der Waals surface area contributed by atoms with Gasteiger partial charge < -0.3 is 39.4 Å². The van der Waals surface area contributed by atoms with Gasteiger partial charge in [0, 0.05) is 18.3 Å². The van der Waals surface area contributed by atoms with Crippen LogP contribution >= 0.6 is 0 Å². The summed E-state index contributed by atoms with van der Waals surface area (Å²) in [7, 11) is 2.76. The molecule has 0 radical (unpaired) electrons. The molecule has 9 heteroatoms. The highest BCUT2D eigenvalue weighted by molar-refractivity contribution is 5.97. The number of methoxy groups -OCH3 is 2. The highest BCUT2D eigenvalue weighted by Gasteiger charge is 2.42. The number of aliphatic hydroxyl groups excluding tert-OH is 4.